The smallest absolute Gasteiger partial charge is 0.310 e. The highest BCUT2D eigenvalue weighted by atomic mass is 16.5. The minimum atomic E-state index is -0.454. The monoisotopic (exact) mass is 422 g/mol. The fourth-order valence-electron chi connectivity index (χ4n) is 3.55. The van der Waals surface area contributed by atoms with Crippen molar-refractivity contribution >= 4 is 23.5 Å². The van der Waals surface area contributed by atoms with Crippen molar-refractivity contribution < 1.29 is 19.1 Å². The second kappa shape index (κ2) is 10.8. The van der Waals surface area contributed by atoms with E-state index in [-0.39, 0.29) is 24.8 Å². The molecule has 1 saturated heterocycles. The molecule has 164 valence electrons. The first-order chi connectivity index (χ1) is 14.9. The lowest BCUT2D eigenvalue weighted by molar-refractivity contribution is -0.147. The molecule has 0 aromatic heterocycles. The van der Waals surface area contributed by atoms with Crippen LogP contribution in [-0.4, -0.2) is 37.5 Å². The maximum Gasteiger partial charge on any atom is 0.310 e. The fraction of sp³-hybridized carbons (Fsp3) is 0.400. The molecule has 0 atom stereocenters. The molecule has 3 rings (SSSR count). The van der Waals surface area contributed by atoms with Gasteiger partial charge < -0.3 is 15.0 Å². The minimum absolute atomic E-state index is 0.0870. The number of carbonyl (C=O) groups excluding carboxylic acids is 3. The van der Waals surface area contributed by atoms with Crippen LogP contribution in [0.1, 0.15) is 49.3 Å². The average molecular weight is 423 g/mol. The van der Waals surface area contributed by atoms with Gasteiger partial charge in [0.1, 0.15) is 0 Å². The molecule has 1 heterocycles. The summed E-state index contributed by atoms with van der Waals surface area (Å²) in [6.45, 7) is 5.25. The largest absolute Gasteiger partial charge is 0.455 e. The first-order valence-corrected chi connectivity index (χ1v) is 10.8. The van der Waals surface area contributed by atoms with Gasteiger partial charge in [0, 0.05) is 25.2 Å². The Hall–Kier alpha value is -3.15. The van der Waals surface area contributed by atoms with Crippen LogP contribution in [0.15, 0.2) is 48.5 Å². The van der Waals surface area contributed by atoms with Crippen molar-refractivity contribution in [2.75, 3.05) is 24.6 Å². The van der Waals surface area contributed by atoms with Crippen LogP contribution in [0, 0.1) is 0 Å². The Morgan fingerprint density at radius 1 is 1.03 bits per heavy atom. The third-order valence-corrected chi connectivity index (χ3v) is 5.42. The molecule has 2 amide bonds. The second-order valence-electron chi connectivity index (χ2n) is 8.15. The summed E-state index contributed by atoms with van der Waals surface area (Å²) in [4.78, 5) is 37.5. The van der Waals surface area contributed by atoms with Gasteiger partial charge in [-0.15, -0.1) is 0 Å². The topological polar surface area (TPSA) is 75.7 Å². The number of rotatable bonds is 9. The Balaban J connectivity index is 1.35. The van der Waals surface area contributed by atoms with Crippen LogP contribution in [0.4, 0.5) is 5.69 Å². The predicted octanol–water partition coefficient (Wildman–Crippen LogP) is 3.38. The quantitative estimate of drug-likeness (QED) is 0.629. The van der Waals surface area contributed by atoms with Gasteiger partial charge in [-0.2, -0.15) is 0 Å². The van der Waals surface area contributed by atoms with Crippen LogP contribution >= 0.6 is 0 Å². The summed E-state index contributed by atoms with van der Waals surface area (Å²) in [5.74, 6) is -0.138. The number of carbonyl (C=O) groups is 3. The standard InChI is InChI=1S/C25H30N2O4/c1-18(2)21-9-5-19(6-10-21)13-14-26-23(28)17-31-25(30)16-20-7-11-22(12-8-20)27-15-3-4-24(27)29/h5-12,18H,3-4,13-17H2,1-2H3,(H,26,28). The molecule has 31 heavy (non-hydrogen) atoms. The molecule has 2 aromatic rings. The fourth-order valence-corrected chi connectivity index (χ4v) is 3.55. The summed E-state index contributed by atoms with van der Waals surface area (Å²) < 4.78 is 5.08. The predicted molar refractivity (Wildman–Crippen MR) is 120 cm³/mol. The van der Waals surface area contributed by atoms with Crippen molar-refractivity contribution in [3.8, 4) is 0 Å². The molecule has 1 fully saturated rings. The van der Waals surface area contributed by atoms with E-state index in [9.17, 15) is 14.4 Å². The van der Waals surface area contributed by atoms with Crippen LogP contribution in [0.5, 0.6) is 0 Å². The van der Waals surface area contributed by atoms with E-state index >= 15 is 0 Å². The highest BCUT2D eigenvalue weighted by Crippen LogP contribution is 2.21. The summed E-state index contributed by atoms with van der Waals surface area (Å²) in [6, 6.07) is 15.7. The van der Waals surface area contributed by atoms with E-state index in [0.717, 1.165) is 36.2 Å². The summed E-state index contributed by atoms with van der Waals surface area (Å²) in [5, 5.41) is 2.78. The number of benzene rings is 2. The Labute approximate surface area is 183 Å². The summed E-state index contributed by atoms with van der Waals surface area (Å²) in [7, 11) is 0. The molecule has 2 aromatic carbocycles. The first kappa shape index (κ1) is 22.5. The van der Waals surface area contributed by atoms with Gasteiger partial charge in [-0.05, 0) is 47.6 Å². The van der Waals surface area contributed by atoms with Gasteiger partial charge in [0.2, 0.25) is 5.91 Å². The number of nitrogens with one attached hydrogen (secondary N) is 1. The van der Waals surface area contributed by atoms with Crippen molar-refractivity contribution in [3.63, 3.8) is 0 Å². The molecule has 1 N–H and O–H groups in total. The number of amides is 2. The summed E-state index contributed by atoms with van der Waals surface area (Å²) in [5.41, 5.74) is 4.07. The number of anilines is 1. The van der Waals surface area contributed by atoms with Crippen LogP contribution < -0.4 is 10.2 Å². The number of hydrogen-bond donors (Lipinski definition) is 1. The van der Waals surface area contributed by atoms with Crippen molar-refractivity contribution in [1.29, 1.82) is 0 Å². The molecule has 0 unspecified atom stereocenters. The lowest BCUT2D eigenvalue weighted by Crippen LogP contribution is -2.30. The average Bonchev–Trinajstić information content (AvgIpc) is 3.19. The molecule has 1 aliphatic rings. The number of ether oxygens (including phenoxy) is 1. The van der Waals surface area contributed by atoms with Gasteiger partial charge in [-0.25, -0.2) is 0 Å². The highest BCUT2D eigenvalue weighted by Gasteiger charge is 2.21. The van der Waals surface area contributed by atoms with Crippen molar-refractivity contribution in [2.24, 2.45) is 0 Å². The van der Waals surface area contributed by atoms with Gasteiger partial charge in [0.05, 0.1) is 6.42 Å². The second-order valence-corrected chi connectivity index (χ2v) is 8.15. The van der Waals surface area contributed by atoms with Crippen molar-refractivity contribution in [1.82, 2.24) is 5.32 Å². The SMILES string of the molecule is CC(C)c1ccc(CCNC(=O)COC(=O)Cc2ccc(N3CCCC3=O)cc2)cc1. The zero-order chi connectivity index (χ0) is 22.2. The zero-order valence-corrected chi connectivity index (χ0v) is 18.2. The Kier molecular flexibility index (Phi) is 7.82. The minimum Gasteiger partial charge on any atom is -0.455 e. The third kappa shape index (κ3) is 6.67. The number of nitrogens with zero attached hydrogens (tertiary/aromatic N) is 1. The zero-order valence-electron chi connectivity index (χ0n) is 18.2. The van der Waals surface area contributed by atoms with Crippen LogP contribution in [0.3, 0.4) is 0 Å². The van der Waals surface area contributed by atoms with Gasteiger partial charge in [0.25, 0.3) is 5.91 Å². The maximum atomic E-state index is 12.0. The molecule has 0 aliphatic carbocycles. The molecule has 0 saturated carbocycles. The number of hydrogen-bond acceptors (Lipinski definition) is 4. The van der Waals surface area contributed by atoms with Gasteiger partial charge in [-0.1, -0.05) is 50.2 Å². The molecule has 0 spiro atoms. The molecular weight excluding hydrogens is 392 g/mol. The molecule has 6 heteroatoms. The van der Waals surface area contributed by atoms with Gasteiger partial charge in [0.15, 0.2) is 6.61 Å². The van der Waals surface area contributed by atoms with E-state index in [1.54, 1.807) is 4.90 Å². The van der Waals surface area contributed by atoms with E-state index in [0.29, 0.717) is 18.9 Å². The number of esters is 1. The third-order valence-electron chi connectivity index (χ3n) is 5.42. The lowest BCUT2D eigenvalue weighted by atomic mass is 10.0. The molecule has 0 radical (unpaired) electrons. The van der Waals surface area contributed by atoms with Gasteiger partial charge >= 0.3 is 5.97 Å². The van der Waals surface area contributed by atoms with Crippen molar-refractivity contribution in [3.05, 3.63) is 65.2 Å². The summed E-state index contributed by atoms with van der Waals surface area (Å²) in [6.07, 6.45) is 2.27. The van der Waals surface area contributed by atoms with Crippen LogP contribution in [0.25, 0.3) is 0 Å². The van der Waals surface area contributed by atoms with Crippen molar-refractivity contribution in [2.45, 2.75) is 45.4 Å². The summed E-state index contributed by atoms with van der Waals surface area (Å²) >= 11 is 0. The van der Waals surface area contributed by atoms with E-state index in [2.05, 4.69) is 43.4 Å². The Bertz CT molecular complexity index is 904. The lowest BCUT2D eigenvalue weighted by Gasteiger charge is -2.15. The van der Waals surface area contributed by atoms with Gasteiger partial charge in [-0.3, -0.25) is 14.4 Å². The molecule has 0 bridgehead atoms. The molecule has 6 nitrogen and oxygen atoms in total. The highest BCUT2D eigenvalue weighted by molar-refractivity contribution is 5.95. The van der Waals surface area contributed by atoms with E-state index < -0.39 is 5.97 Å². The van der Waals surface area contributed by atoms with Crippen LogP contribution in [0.2, 0.25) is 0 Å². The maximum absolute atomic E-state index is 12.0. The molecular formula is C25H30N2O4. The first-order valence-electron chi connectivity index (χ1n) is 10.8. The van der Waals surface area contributed by atoms with Crippen LogP contribution in [-0.2, 0) is 32.0 Å². The molecule has 1 aliphatic heterocycles. The van der Waals surface area contributed by atoms with E-state index in [4.69, 9.17) is 4.74 Å². The Morgan fingerprint density at radius 3 is 2.32 bits per heavy atom. The van der Waals surface area contributed by atoms with E-state index in [1.165, 1.54) is 5.56 Å². The normalized spacial score (nSPS) is 13.5. The Morgan fingerprint density at radius 2 is 1.71 bits per heavy atom. The van der Waals surface area contributed by atoms with E-state index in [1.807, 2.05) is 24.3 Å².